The first-order chi connectivity index (χ1) is 13.8. The van der Waals surface area contributed by atoms with E-state index < -0.39 is 0 Å². The van der Waals surface area contributed by atoms with Crippen molar-refractivity contribution in [2.24, 2.45) is 5.92 Å². The number of benzene rings is 2. The smallest absolute Gasteiger partial charge is 0.260 e. The lowest BCUT2D eigenvalue weighted by Gasteiger charge is -2.32. The normalized spacial score (nSPS) is 14.7. The molecule has 1 aliphatic rings. The van der Waals surface area contributed by atoms with Crippen molar-refractivity contribution in [2.45, 2.75) is 26.4 Å². The van der Waals surface area contributed by atoms with Crippen molar-refractivity contribution >= 4 is 5.91 Å². The van der Waals surface area contributed by atoms with Gasteiger partial charge in [-0.25, -0.2) is 0 Å². The van der Waals surface area contributed by atoms with Gasteiger partial charge in [-0.3, -0.25) is 4.79 Å². The average Bonchev–Trinajstić information content (AvgIpc) is 2.76. The Morgan fingerprint density at radius 2 is 1.64 bits per heavy atom. The third-order valence-corrected chi connectivity index (χ3v) is 5.09. The molecule has 0 spiro atoms. The third kappa shape index (κ3) is 5.99. The highest BCUT2D eigenvalue weighted by Gasteiger charge is 2.23. The Bertz CT molecular complexity index is 728. The monoisotopic (exact) mass is 382 g/mol. The lowest BCUT2D eigenvalue weighted by atomic mass is 9.97. The number of nitrogens with one attached hydrogen (secondary N) is 1. The van der Waals surface area contributed by atoms with E-state index in [1.807, 2.05) is 59.5 Å². The molecule has 0 aromatic heterocycles. The topological polar surface area (TPSA) is 50.8 Å². The second-order valence-corrected chi connectivity index (χ2v) is 7.14. The maximum atomic E-state index is 12.5. The summed E-state index contributed by atoms with van der Waals surface area (Å²) in [6.45, 7) is 6.30. The number of hydrogen-bond acceptors (Lipinski definition) is 4. The summed E-state index contributed by atoms with van der Waals surface area (Å²) in [4.78, 5) is 14.4. The maximum Gasteiger partial charge on any atom is 0.260 e. The van der Waals surface area contributed by atoms with Gasteiger partial charge >= 0.3 is 0 Å². The molecule has 5 nitrogen and oxygen atoms in total. The van der Waals surface area contributed by atoms with Gasteiger partial charge < -0.3 is 19.7 Å². The summed E-state index contributed by atoms with van der Waals surface area (Å²) in [5.74, 6) is 1.97. The molecule has 3 rings (SSSR count). The van der Waals surface area contributed by atoms with E-state index >= 15 is 0 Å². The van der Waals surface area contributed by atoms with Crippen molar-refractivity contribution in [1.29, 1.82) is 0 Å². The van der Waals surface area contributed by atoms with Crippen LogP contribution in [0, 0.1) is 5.92 Å². The summed E-state index contributed by atoms with van der Waals surface area (Å²) in [6, 6.07) is 17.5. The van der Waals surface area contributed by atoms with Gasteiger partial charge in [0, 0.05) is 13.1 Å². The highest BCUT2D eigenvalue weighted by molar-refractivity contribution is 5.78. The third-order valence-electron chi connectivity index (χ3n) is 5.09. The first-order valence-corrected chi connectivity index (χ1v) is 10.1. The number of ether oxygens (including phenoxy) is 2. The number of likely N-dealkylation sites (tertiary alicyclic amines) is 1. The van der Waals surface area contributed by atoms with Gasteiger partial charge in [0.05, 0.1) is 0 Å². The van der Waals surface area contributed by atoms with Crippen molar-refractivity contribution in [3.63, 3.8) is 0 Å². The minimum absolute atomic E-state index is 0.0414. The van der Waals surface area contributed by atoms with Crippen molar-refractivity contribution in [3.05, 3.63) is 60.2 Å². The van der Waals surface area contributed by atoms with Gasteiger partial charge in [0.2, 0.25) is 0 Å². The van der Waals surface area contributed by atoms with Gasteiger partial charge in [-0.1, -0.05) is 49.4 Å². The zero-order valence-electron chi connectivity index (χ0n) is 16.6. The summed E-state index contributed by atoms with van der Waals surface area (Å²) in [5.41, 5.74) is 1.09. The maximum absolute atomic E-state index is 12.5. The largest absolute Gasteiger partial charge is 0.485 e. The van der Waals surface area contributed by atoms with Crippen molar-refractivity contribution in [2.75, 3.05) is 32.8 Å². The molecular formula is C23H30N2O3. The summed E-state index contributed by atoms with van der Waals surface area (Å²) < 4.78 is 11.7. The van der Waals surface area contributed by atoms with Crippen LogP contribution in [0.5, 0.6) is 11.5 Å². The molecule has 28 heavy (non-hydrogen) atoms. The fourth-order valence-corrected chi connectivity index (χ4v) is 3.39. The first-order valence-electron chi connectivity index (χ1n) is 10.1. The van der Waals surface area contributed by atoms with Crippen LogP contribution in [0.4, 0.5) is 0 Å². The molecule has 0 bridgehead atoms. The van der Waals surface area contributed by atoms with E-state index in [1.54, 1.807) is 0 Å². The Hall–Kier alpha value is -2.53. The van der Waals surface area contributed by atoms with E-state index in [1.165, 1.54) is 0 Å². The summed E-state index contributed by atoms with van der Waals surface area (Å²) in [7, 11) is 0. The molecule has 0 unspecified atom stereocenters. The van der Waals surface area contributed by atoms with Gasteiger partial charge in [0.25, 0.3) is 5.91 Å². The molecule has 1 aliphatic heterocycles. The van der Waals surface area contributed by atoms with Gasteiger partial charge in [-0.05, 0) is 49.5 Å². The fraction of sp³-hybridized carbons (Fsp3) is 0.435. The molecule has 0 saturated carbocycles. The molecular weight excluding hydrogens is 352 g/mol. The van der Waals surface area contributed by atoms with Crippen LogP contribution >= 0.6 is 0 Å². The van der Waals surface area contributed by atoms with E-state index in [-0.39, 0.29) is 12.5 Å². The Labute approximate surface area is 167 Å². The van der Waals surface area contributed by atoms with E-state index in [0.717, 1.165) is 44.6 Å². The summed E-state index contributed by atoms with van der Waals surface area (Å²) in [6.07, 6.45) is 2.10. The van der Waals surface area contributed by atoms with Crippen molar-refractivity contribution in [3.8, 4) is 11.5 Å². The summed E-state index contributed by atoms with van der Waals surface area (Å²) >= 11 is 0. The van der Waals surface area contributed by atoms with E-state index in [4.69, 9.17) is 9.47 Å². The number of hydrogen-bond donors (Lipinski definition) is 1. The lowest BCUT2D eigenvalue weighted by molar-refractivity contribution is -0.134. The van der Waals surface area contributed by atoms with Crippen molar-refractivity contribution in [1.82, 2.24) is 10.2 Å². The van der Waals surface area contributed by atoms with Crippen LogP contribution in [0.15, 0.2) is 54.6 Å². The van der Waals surface area contributed by atoms with Crippen molar-refractivity contribution < 1.29 is 14.3 Å². The Morgan fingerprint density at radius 1 is 1.00 bits per heavy atom. The molecule has 1 N–H and O–H groups in total. The van der Waals surface area contributed by atoms with Crippen LogP contribution in [0.2, 0.25) is 0 Å². The van der Waals surface area contributed by atoms with Gasteiger partial charge in [0.15, 0.2) is 18.1 Å². The molecule has 2 aromatic carbocycles. The van der Waals surface area contributed by atoms with Crippen LogP contribution in [0.3, 0.4) is 0 Å². The predicted molar refractivity (Wildman–Crippen MR) is 111 cm³/mol. The van der Waals surface area contributed by atoms with E-state index in [0.29, 0.717) is 24.0 Å². The molecule has 1 saturated heterocycles. The molecule has 5 heteroatoms. The second-order valence-electron chi connectivity index (χ2n) is 7.14. The number of carbonyl (C=O) groups is 1. The quantitative estimate of drug-likeness (QED) is 0.721. The molecule has 1 amide bonds. The molecule has 0 aliphatic carbocycles. The average molecular weight is 383 g/mol. The minimum Gasteiger partial charge on any atom is -0.485 e. The molecule has 1 fully saturated rings. The summed E-state index contributed by atoms with van der Waals surface area (Å²) in [5, 5.41) is 3.40. The first kappa shape index (κ1) is 20.2. The van der Waals surface area contributed by atoms with E-state index in [9.17, 15) is 4.79 Å². The van der Waals surface area contributed by atoms with Crippen LogP contribution in [0.1, 0.15) is 25.3 Å². The number of nitrogens with zero attached hydrogens (tertiary/aromatic N) is 1. The van der Waals surface area contributed by atoms with Gasteiger partial charge in [-0.2, -0.15) is 0 Å². The standard InChI is InChI=1S/C23H30N2O3/c1-2-24-16-19-12-14-25(15-13-19)23(26)18-28-22-11-7-6-10-21(22)27-17-20-8-4-3-5-9-20/h3-11,19,24H,2,12-18H2,1H3. The highest BCUT2D eigenvalue weighted by atomic mass is 16.5. The number of piperidine rings is 1. The number of carbonyl (C=O) groups excluding carboxylic acids is 1. The van der Waals surface area contributed by atoms with Gasteiger partial charge in [0.1, 0.15) is 6.61 Å². The zero-order chi connectivity index (χ0) is 19.6. The Balaban J connectivity index is 1.47. The minimum atomic E-state index is 0.0414. The fourth-order valence-electron chi connectivity index (χ4n) is 3.39. The van der Waals surface area contributed by atoms with Crippen LogP contribution in [0.25, 0.3) is 0 Å². The molecule has 1 heterocycles. The molecule has 150 valence electrons. The highest BCUT2D eigenvalue weighted by Crippen LogP contribution is 2.27. The SMILES string of the molecule is CCNCC1CCN(C(=O)COc2ccccc2OCc2ccccc2)CC1. The zero-order valence-corrected chi connectivity index (χ0v) is 16.6. The van der Waals surface area contributed by atoms with E-state index in [2.05, 4.69) is 12.2 Å². The van der Waals surface area contributed by atoms with Gasteiger partial charge in [-0.15, -0.1) is 0 Å². The molecule has 0 atom stereocenters. The van der Waals surface area contributed by atoms with Crippen LogP contribution in [-0.4, -0.2) is 43.6 Å². The number of para-hydroxylation sites is 2. The predicted octanol–water partition coefficient (Wildman–Crippen LogP) is 3.49. The Morgan fingerprint density at radius 3 is 2.32 bits per heavy atom. The molecule has 0 radical (unpaired) electrons. The molecule has 2 aromatic rings. The number of rotatable bonds is 9. The van der Waals surface area contributed by atoms with Crippen LogP contribution in [-0.2, 0) is 11.4 Å². The second kappa shape index (κ2) is 10.7. The lowest BCUT2D eigenvalue weighted by Crippen LogP contribution is -2.42. The Kier molecular flexibility index (Phi) is 7.73. The number of amides is 1. The van der Waals surface area contributed by atoms with Crippen LogP contribution < -0.4 is 14.8 Å².